The first-order chi connectivity index (χ1) is 14.1. The third-order valence-corrected chi connectivity index (χ3v) is 4.61. The van der Waals surface area contributed by atoms with Gasteiger partial charge in [0, 0.05) is 28.6 Å². The lowest BCUT2D eigenvalue weighted by Gasteiger charge is -2.19. The van der Waals surface area contributed by atoms with Crippen LogP contribution in [0.3, 0.4) is 0 Å². The number of hydrogen-bond donors (Lipinski definition) is 2. The van der Waals surface area contributed by atoms with Crippen LogP contribution in [0.4, 0.5) is 0 Å². The van der Waals surface area contributed by atoms with Crippen molar-refractivity contribution in [1.29, 1.82) is 0 Å². The number of rotatable bonds is 5. The fourth-order valence-corrected chi connectivity index (χ4v) is 2.92. The van der Waals surface area contributed by atoms with Crippen LogP contribution < -0.4 is 10.9 Å². The number of hydrogen-bond acceptors (Lipinski definition) is 6. The predicted molar refractivity (Wildman–Crippen MR) is 111 cm³/mol. The number of phenolic OH excluding ortho intramolecular Hbond substituents is 1. The van der Waals surface area contributed by atoms with Crippen molar-refractivity contribution in [1.82, 2.24) is 5.32 Å². The lowest BCUT2D eigenvalue weighted by atomic mass is 9.87. The van der Waals surface area contributed by atoms with Gasteiger partial charge in [0.25, 0.3) is 5.91 Å². The Bertz CT molecular complexity index is 1140. The van der Waals surface area contributed by atoms with Crippen molar-refractivity contribution in [3.05, 3.63) is 75.6 Å². The first-order valence-corrected chi connectivity index (χ1v) is 9.43. The molecule has 7 nitrogen and oxygen atoms in total. The summed E-state index contributed by atoms with van der Waals surface area (Å²) in [4.78, 5) is 35.9. The van der Waals surface area contributed by atoms with Crippen molar-refractivity contribution in [3.8, 4) is 5.75 Å². The molecule has 3 rings (SSSR count). The van der Waals surface area contributed by atoms with E-state index in [0.29, 0.717) is 16.5 Å². The molecule has 1 heterocycles. The largest absolute Gasteiger partial charge is 0.508 e. The highest BCUT2D eigenvalue weighted by atomic mass is 16.5. The van der Waals surface area contributed by atoms with Crippen LogP contribution in [0.15, 0.2) is 57.7 Å². The topological polar surface area (TPSA) is 106 Å². The fourth-order valence-electron chi connectivity index (χ4n) is 2.92. The van der Waals surface area contributed by atoms with Crippen LogP contribution in [0.1, 0.15) is 42.3 Å². The minimum absolute atomic E-state index is 0.0175. The van der Waals surface area contributed by atoms with Gasteiger partial charge in [-0.1, -0.05) is 32.9 Å². The molecule has 0 spiro atoms. The fraction of sp³-hybridized carbons (Fsp3) is 0.261. The molecule has 1 amide bonds. The number of carbonyl (C=O) groups excluding carboxylic acids is 2. The quantitative estimate of drug-likeness (QED) is 0.495. The van der Waals surface area contributed by atoms with Gasteiger partial charge in [-0.15, -0.1) is 0 Å². The highest BCUT2D eigenvalue weighted by Crippen LogP contribution is 2.23. The van der Waals surface area contributed by atoms with Crippen LogP contribution >= 0.6 is 0 Å². The molecule has 0 saturated heterocycles. The third kappa shape index (κ3) is 5.05. The Labute approximate surface area is 173 Å². The van der Waals surface area contributed by atoms with E-state index in [0.717, 1.165) is 5.56 Å². The van der Waals surface area contributed by atoms with Crippen LogP contribution in [0.2, 0.25) is 0 Å². The highest BCUT2D eigenvalue weighted by molar-refractivity contribution is 5.96. The first kappa shape index (κ1) is 21.1. The van der Waals surface area contributed by atoms with Crippen LogP contribution in [0.5, 0.6) is 5.75 Å². The molecule has 0 unspecified atom stereocenters. The molecule has 0 fully saturated rings. The summed E-state index contributed by atoms with van der Waals surface area (Å²) in [6, 6.07) is 12.8. The van der Waals surface area contributed by atoms with Crippen molar-refractivity contribution >= 4 is 22.8 Å². The van der Waals surface area contributed by atoms with Crippen molar-refractivity contribution in [2.75, 3.05) is 6.54 Å². The zero-order valence-corrected chi connectivity index (χ0v) is 17.0. The molecule has 0 radical (unpaired) electrons. The maximum Gasteiger partial charge on any atom is 0.336 e. The molecule has 0 aliphatic rings. The molecule has 156 valence electrons. The summed E-state index contributed by atoms with van der Waals surface area (Å²) in [6.45, 7) is 5.78. The van der Waals surface area contributed by atoms with Crippen LogP contribution in [0, 0.1) is 0 Å². The molecule has 2 aromatic carbocycles. The van der Waals surface area contributed by atoms with E-state index in [-0.39, 0.29) is 35.8 Å². The summed E-state index contributed by atoms with van der Waals surface area (Å²) < 4.78 is 10.2. The number of fused-ring (bicyclic) bond motifs is 1. The molecule has 0 bridgehead atoms. The van der Waals surface area contributed by atoms with Gasteiger partial charge in [0.05, 0.1) is 0 Å². The van der Waals surface area contributed by atoms with Gasteiger partial charge in [-0.3, -0.25) is 9.59 Å². The molecule has 3 aromatic rings. The molecule has 30 heavy (non-hydrogen) atoms. The predicted octanol–water partition coefficient (Wildman–Crippen LogP) is 3.27. The molecule has 0 aliphatic heterocycles. The first-order valence-electron chi connectivity index (χ1n) is 9.43. The Hall–Kier alpha value is -3.61. The van der Waals surface area contributed by atoms with Crippen LogP contribution in [-0.4, -0.2) is 23.5 Å². The average molecular weight is 409 g/mol. The Balaban J connectivity index is 1.58. The Morgan fingerprint density at radius 1 is 1.07 bits per heavy atom. The number of phenols is 1. The zero-order chi connectivity index (χ0) is 21.9. The lowest BCUT2D eigenvalue weighted by Crippen LogP contribution is -2.30. The molecule has 7 heteroatoms. The van der Waals surface area contributed by atoms with E-state index in [4.69, 9.17) is 9.15 Å². The molecule has 2 N–H and O–H groups in total. The summed E-state index contributed by atoms with van der Waals surface area (Å²) >= 11 is 0. The van der Waals surface area contributed by atoms with Gasteiger partial charge in [-0.25, -0.2) is 4.79 Å². The molecule has 0 saturated carbocycles. The summed E-state index contributed by atoms with van der Waals surface area (Å²) in [5.74, 6) is -1.07. The van der Waals surface area contributed by atoms with Gasteiger partial charge in [-0.2, -0.15) is 0 Å². The van der Waals surface area contributed by atoms with Gasteiger partial charge in [0.15, 0.2) is 0 Å². The molecule has 0 aliphatic carbocycles. The van der Waals surface area contributed by atoms with Gasteiger partial charge in [0.1, 0.15) is 24.5 Å². The molecule has 0 atom stereocenters. The number of nitrogens with one attached hydrogen (secondary N) is 1. The van der Waals surface area contributed by atoms with Crippen molar-refractivity contribution in [2.24, 2.45) is 0 Å². The summed E-state index contributed by atoms with van der Waals surface area (Å²) in [5, 5.41) is 12.6. The van der Waals surface area contributed by atoms with E-state index < -0.39 is 11.6 Å². The number of carbonyl (C=O) groups is 2. The van der Waals surface area contributed by atoms with E-state index in [1.54, 1.807) is 18.2 Å². The van der Waals surface area contributed by atoms with Gasteiger partial charge >= 0.3 is 11.6 Å². The van der Waals surface area contributed by atoms with Gasteiger partial charge in [-0.05, 0) is 35.2 Å². The minimum atomic E-state index is -0.644. The van der Waals surface area contributed by atoms with Gasteiger partial charge < -0.3 is 19.6 Å². The van der Waals surface area contributed by atoms with Crippen molar-refractivity contribution < 1.29 is 23.8 Å². The second-order valence-corrected chi connectivity index (χ2v) is 7.94. The van der Waals surface area contributed by atoms with E-state index in [2.05, 4.69) is 26.1 Å². The maximum absolute atomic E-state index is 12.2. The third-order valence-electron chi connectivity index (χ3n) is 4.61. The van der Waals surface area contributed by atoms with E-state index in [1.165, 1.54) is 18.2 Å². The van der Waals surface area contributed by atoms with E-state index in [1.807, 2.05) is 12.1 Å². The lowest BCUT2D eigenvalue weighted by molar-refractivity contribution is -0.143. The van der Waals surface area contributed by atoms with E-state index >= 15 is 0 Å². The standard InChI is InChI=1S/C23H23NO6/c1-23(2,3)16-6-4-14(5-7-16)22(28)24-12-21(27)29-13-15-10-20(26)30-19-11-17(25)8-9-18(15)19/h4-11,25H,12-13H2,1-3H3,(H,24,28). The highest BCUT2D eigenvalue weighted by Gasteiger charge is 2.15. The SMILES string of the molecule is CC(C)(C)c1ccc(C(=O)NCC(=O)OCc2cc(=O)oc3cc(O)ccc23)cc1. The molecular weight excluding hydrogens is 386 g/mol. The number of benzene rings is 2. The average Bonchev–Trinajstić information content (AvgIpc) is 2.69. The Morgan fingerprint density at radius 3 is 2.43 bits per heavy atom. The zero-order valence-electron chi connectivity index (χ0n) is 17.0. The van der Waals surface area contributed by atoms with Gasteiger partial charge in [0.2, 0.25) is 0 Å². The number of ether oxygens (including phenoxy) is 1. The van der Waals surface area contributed by atoms with Crippen LogP contribution in [0.25, 0.3) is 11.0 Å². The van der Waals surface area contributed by atoms with E-state index in [9.17, 15) is 19.5 Å². The second-order valence-electron chi connectivity index (χ2n) is 7.94. The minimum Gasteiger partial charge on any atom is -0.508 e. The number of esters is 1. The number of amides is 1. The molecular formula is C23H23NO6. The maximum atomic E-state index is 12.2. The Morgan fingerprint density at radius 2 is 1.77 bits per heavy atom. The van der Waals surface area contributed by atoms with Crippen LogP contribution in [-0.2, 0) is 21.6 Å². The summed E-state index contributed by atoms with van der Waals surface area (Å²) in [6.07, 6.45) is 0. The monoisotopic (exact) mass is 409 g/mol. The molecule has 1 aromatic heterocycles. The van der Waals surface area contributed by atoms with Crippen molar-refractivity contribution in [3.63, 3.8) is 0 Å². The smallest absolute Gasteiger partial charge is 0.336 e. The normalized spacial score (nSPS) is 11.3. The summed E-state index contributed by atoms with van der Waals surface area (Å²) in [5.41, 5.74) is 1.55. The van der Waals surface area contributed by atoms with Crippen molar-refractivity contribution in [2.45, 2.75) is 32.8 Å². The second kappa shape index (κ2) is 8.41. The Kier molecular flexibility index (Phi) is 5.91. The summed E-state index contributed by atoms with van der Waals surface area (Å²) in [7, 11) is 0. The number of aromatic hydroxyl groups is 1.